The number of nitrogens with zero attached hydrogens (tertiary/aromatic N) is 3. The molecule has 0 saturated carbocycles. The van der Waals surface area contributed by atoms with Gasteiger partial charge < -0.3 is 20.1 Å². The summed E-state index contributed by atoms with van der Waals surface area (Å²) in [4.78, 5) is 18.0. The maximum Gasteiger partial charge on any atom is 0.393 e. The molecule has 2 fully saturated rings. The fraction of sp³-hybridized carbons (Fsp3) is 0.500. The molecular formula is C22H23F4N5O2S. The molecule has 4 heterocycles. The summed E-state index contributed by atoms with van der Waals surface area (Å²) in [6.07, 6.45) is -5.29. The highest BCUT2D eigenvalue weighted by Gasteiger charge is 2.36. The number of carbonyl (C=O) groups excluding carboxylic acids is 1. The molecule has 2 aliphatic heterocycles. The quantitative estimate of drug-likeness (QED) is 0.507. The van der Waals surface area contributed by atoms with Gasteiger partial charge in [0.15, 0.2) is 0 Å². The van der Waals surface area contributed by atoms with Crippen molar-refractivity contribution in [1.29, 1.82) is 0 Å². The summed E-state index contributed by atoms with van der Waals surface area (Å²) in [6.45, 7) is 0.888. The summed E-state index contributed by atoms with van der Waals surface area (Å²) in [5, 5.41) is 10.6. The van der Waals surface area contributed by atoms with Gasteiger partial charge in [-0.3, -0.25) is 4.79 Å². The minimum atomic E-state index is -4.45. The van der Waals surface area contributed by atoms with Crippen LogP contribution in [0.25, 0.3) is 20.8 Å². The Balaban J connectivity index is 1.56. The van der Waals surface area contributed by atoms with Crippen LogP contribution in [0.15, 0.2) is 22.7 Å². The fourth-order valence-corrected chi connectivity index (χ4v) is 5.80. The second kappa shape index (κ2) is 8.81. The van der Waals surface area contributed by atoms with Gasteiger partial charge in [-0.2, -0.15) is 18.2 Å². The Morgan fingerprint density at radius 1 is 1.32 bits per heavy atom. The molecule has 2 aromatic heterocycles. The molecule has 0 bridgehead atoms. The van der Waals surface area contributed by atoms with Crippen molar-refractivity contribution in [2.75, 3.05) is 25.5 Å². The van der Waals surface area contributed by atoms with Crippen molar-refractivity contribution < 1.29 is 26.9 Å². The zero-order valence-electron chi connectivity index (χ0n) is 18.3. The van der Waals surface area contributed by atoms with Gasteiger partial charge in [0.2, 0.25) is 17.6 Å². The lowest BCUT2D eigenvalue weighted by Gasteiger charge is -2.28. The largest absolute Gasteiger partial charge is 0.393 e. The van der Waals surface area contributed by atoms with Gasteiger partial charge in [-0.25, -0.2) is 4.39 Å². The summed E-state index contributed by atoms with van der Waals surface area (Å²) >= 11 is 1.13. The smallest absolute Gasteiger partial charge is 0.378 e. The maximum absolute atomic E-state index is 14.4. The van der Waals surface area contributed by atoms with E-state index in [0.717, 1.165) is 11.3 Å². The number of alkyl halides is 4. The number of benzene rings is 1. The third-order valence-electron chi connectivity index (χ3n) is 6.37. The van der Waals surface area contributed by atoms with Crippen molar-refractivity contribution >= 4 is 33.0 Å². The zero-order valence-corrected chi connectivity index (χ0v) is 19.1. The summed E-state index contributed by atoms with van der Waals surface area (Å²) in [7, 11) is 1.63. The van der Waals surface area contributed by atoms with Crippen LogP contribution >= 0.6 is 11.3 Å². The lowest BCUT2D eigenvalue weighted by atomic mass is 10.0. The molecule has 182 valence electrons. The molecular weight excluding hydrogens is 474 g/mol. The lowest BCUT2D eigenvalue weighted by Crippen LogP contribution is -2.45. The Bertz CT molecular complexity index is 1210. The first kappa shape index (κ1) is 23.0. The Kier molecular flexibility index (Phi) is 5.96. The van der Waals surface area contributed by atoms with E-state index in [1.54, 1.807) is 25.2 Å². The number of hydrogen-bond acceptors (Lipinski definition) is 7. The molecule has 7 nitrogen and oxygen atoms in total. The molecule has 0 radical (unpaired) electrons. The third-order valence-corrected chi connectivity index (χ3v) is 7.64. The molecule has 0 unspecified atom stereocenters. The van der Waals surface area contributed by atoms with Crippen LogP contribution in [-0.2, 0) is 11.2 Å². The second-order valence-corrected chi connectivity index (χ2v) is 9.68. The number of carbonyl (C=O) groups is 1. The minimum absolute atomic E-state index is 0.0517. The van der Waals surface area contributed by atoms with Crippen LogP contribution in [0.1, 0.15) is 36.8 Å². The molecule has 1 amide bonds. The monoisotopic (exact) mass is 497 g/mol. The first-order valence-corrected chi connectivity index (χ1v) is 11.8. The van der Waals surface area contributed by atoms with E-state index in [-0.39, 0.29) is 34.6 Å². The molecule has 2 saturated heterocycles. The fourth-order valence-electron chi connectivity index (χ4n) is 4.58. The van der Waals surface area contributed by atoms with Gasteiger partial charge in [0.05, 0.1) is 27.7 Å². The van der Waals surface area contributed by atoms with E-state index in [9.17, 15) is 22.4 Å². The van der Waals surface area contributed by atoms with Crippen molar-refractivity contribution in [2.45, 2.75) is 50.1 Å². The molecule has 0 spiro atoms. The Morgan fingerprint density at radius 2 is 2.15 bits per heavy atom. The molecule has 2 aliphatic rings. The van der Waals surface area contributed by atoms with Crippen molar-refractivity contribution in [3.8, 4) is 10.7 Å². The van der Waals surface area contributed by atoms with Crippen molar-refractivity contribution in [3.63, 3.8) is 0 Å². The second-order valence-electron chi connectivity index (χ2n) is 8.66. The number of aromatic nitrogens is 2. The van der Waals surface area contributed by atoms with Crippen molar-refractivity contribution in [2.24, 2.45) is 0 Å². The van der Waals surface area contributed by atoms with E-state index in [0.29, 0.717) is 41.6 Å². The van der Waals surface area contributed by atoms with E-state index >= 15 is 0 Å². The number of amides is 1. The van der Waals surface area contributed by atoms with Crippen LogP contribution in [-0.4, -0.2) is 59.5 Å². The summed E-state index contributed by atoms with van der Waals surface area (Å²) in [5.41, 5.74) is 0.637. The number of rotatable bonds is 5. The van der Waals surface area contributed by atoms with Gasteiger partial charge in [0.25, 0.3) is 0 Å². The first-order valence-electron chi connectivity index (χ1n) is 11.0. The number of piperidine rings is 1. The summed E-state index contributed by atoms with van der Waals surface area (Å²) in [5.74, 6) is 0.204. The number of likely N-dealkylation sites (tertiary alicyclic amines) is 1. The number of halogens is 4. The highest BCUT2D eigenvalue weighted by atomic mass is 32.1. The van der Waals surface area contributed by atoms with Crippen LogP contribution in [0.2, 0.25) is 0 Å². The Morgan fingerprint density at radius 3 is 2.85 bits per heavy atom. The summed E-state index contributed by atoms with van der Waals surface area (Å²) < 4.78 is 60.9. The SMILES string of the molecule is CN1C(=O)CC[C@@H]1c1nc(-c2sc3c(N[C@@H]4CCNC[C@@H]4F)cccc3c2CC(F)(F)F)no1. The van der Waals surface area contributed by atoms with E-state index < -0.39 is 30.9 Å². The molecule has 2 N–H and O–H groups in total. The van der Waals surface area contributed by atoms with Crippen LogP contribution in [0.4, 0.5) is 23.2 Å². The molecule has 5 rings (SSSR count). The average molecular weight is 498 g/mol. The first-order chi connectivity index (χ1) is 16.2. The number of hydrogen-bond donors (Lipinski definition) is 2. The minimum Gasteiger partial charge on any atom is -0.378 e. The molecule has 3 aromatic rings. The molecule has 12 heteroatoms. The van der Waals surface area contributed by atoms with Crippen LogP contribution in [0, 0.1) is 0 Å². The lowest BCUT2D eigenvalue weighted by molar-refractivity contribution is -0.128. The number of fused-ring (bicyclic) bond motifs is 1. The highest BCUT2D eigenvalue weighted by molar-refractivity contribution is 7.23. The van der Waals surface area contributed by atoms with Crippen molar-refractivity contribution in [3.05, 3.63) is 29.7 Å². The molecule has 0 aliphatic carbocycles. The van der Waals surface area contributed by atoms with Crippen LogP contribution in [0.5, 0.6) is 0 Å². The Hall–Kier alpha value is -2.73. The maximum atomic E-state index is 14.4. The number of nitrogens with one attached hydrogen (secondary N) is 2. The molecule has 1 aromatic carbocycles. The average Bonchev–Trinajstić information content (AvgIpc) is 3.48. The number of anilines is 1. The van der Waals surface area contributed by atoms with Gasteiger partial charge in [0.1, 0.15) is 12.2 Å². The van der Waals surface area contributed by atoms with Gasteiger partial charge >= 0.3 is 6.18 Å². The third kappa shape index (κ3) is 4.36. The van der Waals surface area contributed by atoms with Gasteiger partial charge in [-0.05, 0) is 36.4 Å². The molecule has 3 atom stereocenters. The summed E-state index contributed by atoms with van der Waals surface area (Å²) in [6, 6.07) is 4.20. The van der Waals surface area contributed by atoms with Gasteiger partial charge in [0, 0.05) is 20.0 Å². The van der Waals surface area contributed by atoms with E-state index in [1.807, 2.05) is 0 Å². The normalized spacial score (nSPS) is 23.7. The van der Waals surface area contributed by atoms with Crippen LogP contribution < -0.4 is 10.6 Å². The van der Waals surface area contributed by atoms with E-state index in [1.165, 1.54) is 4.90 Å². The standard InChI is InChI=1S/C22H23F4N5O2S/c1-31-16(5-6-17(31)32)21-29-20(30-33-21)19-12(9-22(24,25)26)11-3-2-4-15(18(11)34-19)28-14-7-8-27-10-13(14)23/h2-4,13-14,16,27-28H,5-10H2,1H3/t13-,14+,16+/m0/s1. The highest BCUT2D eigenvalue weighted by Crippen LogP contribution is 2.44. The Labute approximate surface area is 196 Å². The van der Waals surface area contributed by atoms with E-state index in [4.69, 9.17) is 4.52 Å². The topological polar surface area (TPSA) is 83.3 Å². The predicted octanol–water partition coefficient (Wildman–Crippen LogP) is 4.46. The van der Waals surface area contributed by atoms with Crippen LogP contribution in [0.3, 0.4) is 0 Å². The number of thiophene rings is 1. The van der Waals surface area contributed by atoms with Gasteiger partial charge in [-0.15, -0.1) is 11.3 Å². The van der Waals surface area contributed by atoms with E-state index in [2.05, 4.69) is 20.8 Å². The van der Waals surface area contributed by atoms with Gasteiger partial charge in [-0.1, -0.05) is 17.3 Å². The molecule has 34 heavy (non-hydrogen) atoms. The predicted molar refractivity (Wildman–Crippen MR) is 119 cm³/mol. The van der Waals surface area contributed by atoms with Crippen molar-refractivity contribution in [1.82, 2.24) is 20.4 Å². The zero-order chi connectivity index (χ0) is 24.0.